The van der Waals surface area contributed by atoms with Crippen LogP contribution in [-0.4, -0.2) is 29.3 Å². The lowest BCUT2D eigenvalue weighted by Crippen LogP contribution is -2.50. The zero-order chi connectivity index (χ0) is 13.8. The number of rotatable bonds is 5. The first-order valence-corrected chi connectivity index (χ1v) is 6.49. The van der Waals surface area contributed by atoms with Crippen molar-refractivity contribution < 1.29 is 14.6 Å². The fraction of sp³-hybridized carbons (Fsp3) is 0.462. The topological polar surface area (TPSA) is 58.6 Å². The molecular formula is C13H18BrNO3. The van der Waals surface area contributed by atoms with E-state index in [0.29, 0.717) is 5.75 Å². The summed E-state index contributed by atoms with van der Waals surface area (Å²) >= 11 is 3.35. The Hall–Kier alpha value is -1.07. The van der Waals surface area contributed by atoms with E-state index in [-0.39, 0.29) is 12.5 Å². The number of ether oxygens (including phenoxy) is 1. The van der Waals surface area contributed by atoms with Crippen LogP contribution in [0.1, 0.15) is 20.8 Å². The third-order valence-electron chi connectivity index (χ3n) is 2.37. The van der Waals surface area contributed by atoms with E-state index in [9.17, 15) is 4.79 Å². The maximum Gasteiger partial charge on any atom is 0.261 e. The molecule has 0 heterocycles. The molecule has 18 heavy (non-hydrogen) atoms. The first-order valence-electron chi connectivity index (χ1n) is 5.70. The van der Waals surface area contributed by atoms with Gasteiger partial charge in [0.1, 0.15) is 5.75 Å². The van der Waals surface area contributed by atoms with Gasteiger partial charge >= 0.3 is 0 Å². The van der Waals surface area contributed by atoms with Crippen molar-refractivity contribution in [1.82, 2.24) is 5.32 Å². The van der Waals surface area contributed by atoms with Crippen molar-refractivity contribution in [2.24, 2.45) is 0 Å². The summed E-state index contributed by atoms with van der Waals surface area (Å²) in [4.78, 5) is 11.9. The van der Waals surface area contributed by atoms with Crippen LogP contribution in [0.15, 0.2) is 28.7 Å². The predicted molar refractivity (Wildman–Crippen MR) is 73.5 cm³/mol. The maximum atomic E-state index is 11.9. The van der Waals surface area contributed by atoms with Crippen molar-refractivity contribution in [3.05, 3.63) is 28.7 Å². The first-order chi connectivity index (χ1) is 8.35. The summed E-state index contributed by atoms with van der Waals surface area (Å²) in [5.74, 6) is 0.353. The Bertz CT molecular complexity index is 420. The number of aliphatic hydroxyl groups excluding tert-OH is 1. The Morgan fingerprint density at radius 1 is 1.50 bits per heavy atom. The molecule has 0 saturated heterocycles. The number of carbonyl (C=O) groups excluding carboxylic acids is 1. The summed E-state index contributed by atoms with van der Waals surface area (Å²) < 4.78 is 6.35. The number of aliphatic hydroxyl groups is 1. The quantitative estimate of drug-likeness (QED) is 0.875. The van der Waals surface area contributed by atoms with E-state index < -0.39 is 11.6 Å². The minimum Gasteiger partial charge on any atom is -0.480 e. The minimum atomic E-state index is -0.650. The molecule has 100 valence electrons. The number of hydrogen-bond donors (Lipinski definition) is 2. The van der Waals surface area contributed by atoms with E-state index in [1.54, 1.807) is 26.8 Å². The molecule has 4 nitrogen and oxygen atoms in total. The third kappa shape index (κ3) is 4.31. The average Bonchev–Trinajstić information content (AvgIpc) is 2.31. The Balaban J connectivity index is 2.63. The van der Waals surface area contributed by atoms with Gasteiger partial charge in [-0.2, -0.15) is 0 Å². The molecule has 1 aromatic carbocycles. The molecule has 0 spiro atoms. The molecule has 0 radical (unpaired) electrons. The van der Waals surface area contributed by atoms with Crippen molar-refractivity contribution in [1.29, 1.82) is 0 Å². The normalized spacial score (nSPS) is 12.9. The van der Waals surface area contributed by atoms with Crippen LogP contribution in [0.4, 0.5) is 0 Å². The maximum absolute atomic E-state index is 11.9. The van der Waals surface area contributed by atoms with Crippen molar-refractivity contribution in [3.63, 3.8) is 0 Å². The minimum absolute atomic E-state index is 0.125. The van der Waals surface area contributed by atoms with Gasteiger partial charge in [-0.05, 0) is 48.8 Å². The monoisotopic (exact) mass is 315 g/mol. The molecule has 1 unspecified atom stereocenters. The summed E-state index contributed by atoms with van der Waals surface area (Å²) in [6.07, 6.45) is -0.630. The molecule has 2 N–H and O–H groups in total. The summed E-state index contributed by atoms with van der Waals surface area (Å²) in [5, 5.41) is 11.8. The van der Waals surface area contributed by atoms with Crippen LogP contribution >= 0.6 is 15.9 Å². The van der Waals surface area contributed by atoms with Crippen LogP contribution in [0, 0.1) is 0 Å². The lowest BCUT2D eigenvalue weighted by atomic mass is 10.1. The van der Waals surface area contributed by atoms with Gasteiger partial charge in [0.2, 0.25) is 0 Å². The highest BCUT2D eigenvalue weighted by atomic mass is 79.9. The molecule has 0 aliphatic rings. The van der Waals surface area contributed by atoms with Gasteiger partial charge in [-0.3, -0.25) is 4.79 Å². The fourth-order valence-corrected chi connectivity index (χ4v) is 1.64. The van der Waals surface area contributed by atoms with E-state index in [1.807, 2.05) is 18.2 Å². The number of benzene rings is 1. The molecule has 5 heteroatoms. The van der Waals surface area contributed by atoms with Gasteiger partial charge in [-0.1, -0.05) is 12.1 Å². The highest BCUT2D eigenvalue weighted by Gasteiger charge is 2.24. The number of hydrogen-bond acceptors (Lipinski definition) is 3. The summed E-state index contributed by atoms with van der Waals surface area (Å²) in [5.41, 5.74) is -0.650. The predicted octanol–water partition coefficient (Wildman–Crippen LogP) is 2.10. The van der Waals surface area contributed by atoms with E-state index in [0.717, 1.165) is 4.47 Å². The number of amides is 1. The molecule has 1 atom stereocenters. The molecule has 0 aromatic heterocycles. The van der Waals surface area contributed by atoms with Gasteiger partial charge < -0.3 is 15.2 Å². The van der Waals surface area contributed by atoms with E-state index in [4.69, 9.17) is 9.84 Å². The van der Waals surface area contributed by atoms with Gasteiger partial charge in [-0.25, -0.2) is 0 Å². The van der Waals surface area contributed by atoms with E-state index in [1.165, 1.54) is 0 Å². The smallest absolute Gasteiger partial charge is 0.261 e. The van der Waals surface area contributed by atoms with Crippen molar-refractivity contribution in [2.75, 3.05) is 6.61 Å². The molecule has 0 aliphatic heterocycles. The number of nitrogens with one attached hydrogen (secondary N) is 1. The molecular weight excluding hydrogens is 298 g/mol. The lowest BCUT2D eigenvalue weighted by Gasteiger charge is -2.25. The number of halogens is 1. The van der Waals surface area contributed by atoms with Crippen LogP contribution in [0.2, 0.25) is 0 Å². The van der Waals surface area contributed by atoms with Crippen LogP contribution < -0.4 is 10.1 Å². The number of para-hydroxylation sites is 1. The Morgan fingerprint density at radius 2 is 2.11 bits per heavy atom. The molecule has 1 aromatic rings. The van der Waals surface area contributed by atoms with Crippen LogP contribution in [0.5, 0.6) is 5.75 Å². The molecule has 1 rings (SSSR count). The van der Waals surface area contributed by atoms with Gasteiger partial charge in [0.15, 0.2) is 6.10 Å². The molecule has 1 amide bonds. The Kier molecular flexibility index (Phi) is 5.16. The van der Waals surface area contributed by atoms with Crippen LogP contribution in [-0.2, 0) is 4.79 Å². The third-order valence-corrected chi connectivity index (χ3v) is 3.02. The largest absolute Gasteiger partial charge is 0.480 e. The highest BCUT2D eigenvalue weighted by Crippen LogP contribution is 2.24. The summed E-state index contributed by atoms with van der Waals surface area (Å²) in [6, 6.07) is 7.33. The van der Waals surface area contributed by atoms with E-state index >= 15 is 0 Å². The number of carbonyl (C=O) groups is 1. The SMILES string of the molecule is CC(Oc1ccccc1Br)C(=O)NC(C)(C)CO. The highest BCUT2D eigenvalue weighted by molar-refractivity contribution is 9.10. The van der Waals surface area contributed by atoms with Gasteiger partial charge in [0.25, 0.3) is 5.91 Å². The zero-order valence-electron chi connectivity index (χ0n) is 10.7. The van der Waals surface area contributed by atoms with Gasteiger partial charge in [0, 0.05) is 0 Å². The molecule has 0 aliphatic carbocycles. The first kappa shape index (κ1) is 15.0. The molecule has 0 bridgehead atoms. The Morgan fingerprint density at radius 3 is 2.67 bits per heavy atom. The zero-order valence-corrected chi connectivity index (χ0v) is 12.3. The standard InChI is InChI=1S/C13H18BrNO3/c1-9(12(17)15-13(2,3)8-16)18-11-7-5-4-6-10(11)14/h4-7,9,16H,8H2,1-3H3,(H,15,17). The molecule has 0 saturated carbocycles. The second kappa shape index (κ2) is 6.20. The van der Waals surface area contributed by atoms with Crippen LogP contribution in [0.25, 0.3) is 0 Å². The summed E-state index contributed by atoms with van der Waals surface area (Å²) in [6.45, 7) is 5.04. The lowest BCUT2D eigenvalue weighted by molar-refractivity contribution is -0.129. The van der Waals surface area contributed by atoms with Crippen molar-refractivity contribution in [3.8, 4) is 5.75 Å². The summed E-state index contributed by atoms with van der Waals surface area (Å²) in [7, 11) is 0. The van der Waals surface area contributed by atoms with Crippen LogP contribution in [0.3, 0.4) is 0 Å². The van der Waals surface area contributed by atoms with Gasteiger partial charge in [-0.15, -0.1) is 0 Å². The second-order valence-corrected chi connectivity index (χ2v) is 5.58. The van der Waals surface area contributed by atoms with Crippen molar-refractivity contribution >= 4 is 21.8 Å². The Labute approximate surface area is 115 Å². The van der Waals surface area contributed by atoms with Crippen molar-refractivity contribution in [2.45, 2.75) is 32.4 Å². The fourth-order valence-electron chi connectivity index (χ4n) is 1.26. The second-order valence-electron chi connectivity index (χ2n) is 4.72. The molecule has 0 fully saturated rings. The average molecular weight is 316 g/mol. The van der Waals surface area contributed by atoms with Gasteiger partial charge in [0.05, 0.1) is 16.6 Å². The van der Waals surface area contributed by atoms with E-state index in [2.05, 4.69) is 21.2 Å².